The van der Waals surface area contributed by atoms with E-state index in [0.29, 0.717) is 5.56 Å². The van der Waals surface area contributed by atoms with Crippen molar-refractivity contribution in [1.82, 2.24) is 10.2 Å². The van der Waals surface area contributed by atoms with Crippen LogP contribution >= 0.6 is 0 Å². The van der Waals surface area contributed by atoms with E-state index in [4.69, 9.17) is 10.5 Å². The van der Waals surface area contributed by atoms with Crippen LogP contribution in [0.15, 0.2) is 18.2 Å². The van der Waals surface area contributed by atoms with Crippen LogP contribution in [0.4, 0.5) is 8.78 Å². The van der Waals surface area contributed by atoms with Crippen molar-refractivity contribution in [2.24, 2.45) is 5.73 Å². The Morgan fingerprint density at radius 1 is 1.29 bits per heavy atom. The maximum atomic E-state index is 13.5. The summed E-state index contributed by atoms with van der Waals surface area (Å²) in [6.07, 6.45) is 0. The van der Waals surface area contributed by atoms with Crippen LogP contribution < -0.4 is 10.5 Å². The Morgan fingerprint density at radius 3 is 2.41 bits per heavy atom. The number of aromatic nitrogens is 2. The second-order valence-electron chi connectivity index (χ2n) is 3.58. The standard InChI is InChI=1S/C11H11F2N3O/c1-6-2-10(16-15-6)17-11-8(12)3-7(5-14)4-9(11)13/h2-4H,5,14H2,1H3,(H,15,16). The average molecular weight is 239 g/mol. The predicted molar refractivity (Wildman–Crippen MR) is 57.6 cm³/mol. The monoisotopic (exact) mass is 239 g/mol. The van der Waals surface area contributed by atoms with E-state index in [0.717, 1.165) is 17.8 Å². The summed E-state index contributed by atoms with van der Waals surface area (Å²) in [6, 6.07) is 3.81. The summed E-state index contributed by atoms with van der Waals surface area (Å²) >= 11 is 0. The zero-order valence-electron chi connectivity index (χ0n) is 9.13. The number of halogens is 2. The molecule has 17 heavy (non-hydrogen) atoms. The lowest BCUT2D eigenvalue weighted by atomic mass is 10.2. The molecule has 0 saturated carbocycles. The number of nitrogens with two attached hydrogens (primary N) is 1. The van der Waals surface area contributed by atoms with Gasteiger partial charge in [-0.15, -0.1) is 5.10 Å². The second-order valence-corrected chi connectivity index (χ2v) is 3.58. The highest BCUT2D eigenvalue weighted by atomic mass is 19.1. The van der Waals surface area contributed by atoms with E-state index < -0.39 is 17.4 Å². The van der Waals surface area contributed by atoms with E-state index in [1.165, 1.54) is 6.07 Å². The van der Waals surface area contributed by atoms with Crippen molar-refractivity contribution >= 4 is 0 Å². The molecule has 1 heterocycles. The molecule has 0 amide bonds. The van der Waals surface area contributed by atoms with Gasteiger partial charge in [0.15, 0.2) is 11.6 Å². The van der Waals surface area contributed by atoms with Gasteiger partial charge >= 0.3 is 0 Å². The minimum Gasteiger partial charge on any atom is -0.431 e. The Kier molecular flexibility index (Phi) is 3.06. The molecule has 90 valence electrons. The van der Waals surface area contributed by atoms with Gasteiger partial charge in [-0.2, -0.15) is 0 Å². The molecule has 1 aromatic heterocycles. The average Bonchev–Trinajstić information content (AvgIpc) is 2.69. The number of nitrogens with zero attached hydrogens (tertiary/aromatic N) is 1. The summed E-state index contributed by atoms with van der Waals surface area (Å²) in [7, 11) is 0. The SMILES string of the molecule is Cc1cc(Oc2c(F)cc(CN)cc2F)n[nH]1. The minimum atomic E-state index is -0.800. The molecule has 3 N–H and O–H groups in total. The van der Waals surface area contributed by atoms with Gasteiger partial charge in [0.05, 0.1) is 0 Å². The first-order chi connectivity index (χ1) is 8.10. The summed E-state index contributed by atoms with van der Waals surface area (Å²) < 4.78 is 32.1. The third-order valence-corrected chi connectivity index (χ3v) is 2.18. The van der Waals surface area contributed by atoms with Crippen molar-refractivity contribution in [3.63, 3.8) is 0 Å². The number of hydrogen-bond donors (Lipinski definition) is 2. The highest BCUT2D eigenvalue weighted by Gasteiger charge is 2.14. The van der Waals surface area contributed by atoms with Gasteiger partial charge in [0.25, 0.3) is 0 Å². The van der Waals surface area contributed by atoms with Crippen LogP contribution in [0.1, 0.15) is 11.3 Å². The quantitative estimate of drug-likeness (QED) is 0.863. The summed E-state index contributed by atoms with van der Waals surface area (Å²) in [6.45, 7) is 1.82. The molecule has 0 radical (unpaired) electrons. The molecule has 0 aliphatic rings. The first kappa shape index (κ1) is 11.5. The highest BCUT2D eigenvalue weighted by molar-refractivity contribution is 5.34. The van der Waals surface area contributed by atoms with Crippen molar-refractivity contribution in [3.8, 4) is 11.6 Å². The normalized spacial score (nSPS) is 10.6. The van der Waals surface area contributed by atoms with Crippen LogP contribution in [-0.4, -0.2) is 10.2 Å². The van der Waals surface area contributed by atoms with E-state index in [1.54, 1.807) is 6.92 Å². The number of aryl methyl sites for hydroxylation is 1. The van der Waals surface area contributed by atoms with Crippen LogP contribution in [0.2, 0.25) is 0 Å². The third kappa shape index (κ3) is 2.42. The lowest BCUT2D eigenvalue weighted by Gasteiger charge is -2.06. The second kappa shape index (κ2) is 4.50. The van der Waals surface area contributed by atoms with Gasteiger partial charge in [-0.1, -0.05) is 0 Å². The molecule has 0 atom stereocenters. The first-order valence-electron chi connectivity index (χ1n) is 4.98. The minimum absolute atomic E-state index is 0.0651. The Bertz CT molecular complexity index is 516. The van der Waals surface area contributed by atoms with Crippen molar-refractivity contribution in [3.05, 3.63) is 41.1 Å². The van der Waals surface area contributed by atoms with Crippen LogP contribution in [0.25, 0.3) is 0 Å². The molecule has 0 aliphatic heterocycles. The fourth-order valence-corrected chi connectivity index (χ4v) is 1.38. The number of benzene rings is 1. The molecule has 2 aromatic rings. The molecule has 0 spiro atoms. The maximum Gasteiger partial charge on any atom is 0.238 e. The molecule has 0 unspecified atom stereocenters. The van der Waals surface area contributed by atoms with Gasteiger partial charge < -0.3 is 10.5 Å². The van der Waals surface area contributed by atoms with E-state index >= 15 is 0 Å². The van der Waals surface area contributed by atoms with Gasteiger partial charge in [0.1, 0.15) is 0 Å². The van der Waals surface area contributed by atoms with E-state index in [9.17, 15) is 8.78 Å². The van der Waals surface area contributed by atoms with Crippen LogP contribution in [0.5, 0.6) is 11.6 Å². The Balaban J connectivity index is 2.33. The summed E-state index contributed by atoms with van der Waals surface area (Å²) in [5.74, 6) is -1.97. The first-order valence-corrected chi connectivity index (χ1v) is 4.98. The predicted octanol–water partition coefficient (Wildman–Crippen LogP) is 2.25. The summed E-state index contributed by atoms with van der Waals surface area (Å²) in [4.78, 5) is 0. The molecule has 0 fully saturated rings. The largest absolute Gasteiger partial charge is 0.431 e. The molecular formula is C11H11F2N3O. The van der Waals surface area contributed by atoms with Crippen LogP contribution in [-0.2, 0) is 6.54 Å². The zero-order valence-corrected chi connectivity index (χ0v) is 9.13. The van der Waals surface area contributed by atoms with Crippen molar-refractivity contribution in [2.75, 3.05) is 0 Å². The van der Waals surface area contributed by atoms with Gasteiger partial charge in [0.2, 0.25) is 11.6 Å². The fourth-order valence-electron chi connectivity index (χ4n) is 1.38. The zero-order chi connectivity index (χ0) is 12.4. The van der Waals surface area contributed by atoms with Crippen LogP contribution in [0, 0.1) is 18.6 Å². The topological polar surface area (TPSA) is 63.9 Å². The molecule has 0 aliphatic carbocycles. The van der Waals surface area contributed by atoms with Crippen LogP contribution in [0.3, 0.4) is 0 Å². The number of ether oxygens (including phenoxy) is 1. The van der Waals surface area contributed by atoms with Gasteiger partial charge in [-0.05, 0) is 24.6 Å². The molecule has 0 saturated heterocycles. The Hall–Kier alpha value is -1.95. The molecular weight excluding hydrogens is 228 g/mol. The fraction of sp³-hybridized carbons (Fsp3) is 0.182. The molecule has 2 rings (SSSR count). The van der Waals surface area contributed by atoms with E-state index in [2.05, 4.69) is 10.2 Å². The smallest absolute Gasteiger partial charge is 0.238 e. The van der Waals surface area contributed by atoms with Gasteiger partial charge in [0, 0.05) is 18.3 Å². The van der Waals surface area contributed by atoms with Crippen molar-refractivity contribution < 1.29 is 13.5 Å². The highest BCUT2D eigenvalue weighted by Crippen LogP contribution is 2.27. The summed E-state index contributed by atoms with van der Waals surface area (Å²) in [5.41, 5.74) is 6.40. The molecule has 6 heteroatoms. The third-order valence-electron chi connectivity index (χ3n) is 2.18. The van der Waals surface area contributed by atoms with Gasteiger partial charge in [-0.3, -0.25) is 5.10 Å². The Labute approximate surface area is 96.4 Å². The van der Waals surface area contributed by atoms with E-state index in [1.807, 2.05) is 0 Å². The van der Waals surface area contributed by atoms with Crippen molar-refractivity contribution in [2.45, 2.75) is 13.5 Å². The molecule has 0 bridgehead atoms. The van der Waals surface area contributed by atoms with Gasteiger partial charge in [-0.25, -0.2) is 8.78 Å². The Morgan fingerprint density at radius 2 is 1.94 bits per heavy atom. The summed E-state index contributed by atoms with van der Waals surface area (Å²) in [5, 5.41) is 6.34. The number of H-pyrrole nitrogens is 1. The maximum absolute atomic E-state index is 13.5. The number of nitrogens with one attached hydrogen (secondary N) is 1. The number of rotatable bonds is 3. The lowest BCUT2D eigenvalue weighted by Crippen LogP contribution is -2.00. The molecule has 1 aromatic carbocycles. The van der Waals surface area contributed by atoms with E-state index in [-0.39, 0.29) is 12.4 Å². The van der Waals surface area contributed by atoms with Crippen molar-refractivity contribution in [1.29, 1.82) is 0 Å². The molecule has 4 nitrogen and oxygen atoms in total. The lowest BCUT2D eigenvalue weighted by molar-refractivity contribution is 0.394. The number of aromatic amines is 1. The number of hydrogen-bond acceptors (Lipinski definition) is 3.